The molecule has 0 aromatic heterocycles. The van der Waals surface area contributed by atoms with Crippen molar-refractivity contribution in [1.29, 1.82) is 0 Å². The maximum Gasteiger partial charge on any atom is 0.495 e. The Morgan fingerprint density at radius 3 is 2.24 bits per heavy atom. The van der Waals surface area contributed by atoms with Gasteiger partial charge in [0.05, 0.1) is 11.2 Å². The van der Waals surface area contributed by atoms with Crippen molar-refractivity contribution < 1.29 is 14.0 Å². The van der Waals surface area contributed by atoms with E-state index in [9.17, 15) is 0 Å². The van der Waals surface area contributed by atoms with Crippen molar-refractivity contribution in [3.8, 4) is 5.75 Å². The molecule has 0 spiro atoms. The van der Waals surface area contributed by atoms with Crippen molar-refractivity contribution in [2.75, 3.05) is 6.61 Å². The highest BCUT2D eigenvalue weighted by molar-refractivity contribution is 6.62. The predicted molar refractivity (Wildman–Crippen MR) is 87.2 cm³/mol. The Morgan fingerprint density at radius 1 is 1.19 bits per heavy atom. The Bertz CT molecular complexity index is 533. The Balaban J connectivity index is 2.17. The van der Waals surface area contributed by atoms with Crippen LogP contribution >= 0.6 is 0 Å². The zero-order chi connectivity index (χ0) is 15.8. The monoisotopic (exact) mass is 288 g/mol. The van der Waals surface area contributed by atoms with Crippen LogP contribution in [0.5, 0.6) is 5.75 Å². The lowest BCUT2D eigenvalue weighted by Crippen LogP contribution is -2.41. The third-order valence-corrected chi connectivity index (χ3v) is 4.23. The van der Waals surface area contributed by atoms with Crippen LogP contribution in [0, 0.1) is 6.92 Å². The lowest BCUT2D eigenvalue weighted by Gasteiger charge is -2.32. The van der Waals surface area contributed by atoms with Gasteiger partial charge < -0.3 is 14.0 Å². The summed E-state index contributed by atoms with van der Waals surface area (Å²) in [6, 6.07) is 5.99. The van der Waals surface area contributed by atoms with Crippen molar-refractivity contribution in [3.05, 3.63) is 35.9 Å². The van der Waals surface area contributed by atoms with E-state index in [-0.39, 0.29) is 18.3 Å². The van der Waals surface area contributed by atoms with Crippen LogP contribution < -0.4 is 10.2 Å². The summed E-state index contributed by atoms with van der Waals surface area (Å²) >= 11 is 0. The van der Waals surface area contributed by atoms with Gasteiger partial charge in [-0.3, -0.25) is 0 Å². The average molecular weight is 288 g/mol. The highest BCUT2D eigenvalue weighted by Gasteiger charge is 2.52. The molecule has 0 unspecified atom stereocenters. The molecule has 1 fully saturated rings. The lowest BCUT2D eigenvalue weighted by molar-refractivity contribution is 0.00578. The predicted octanol–water partition coefficient (Wildman–Crippen LogP) is 3.25. The Morgan fingerprint density at radius 2 is 1.76 bits per heavy atom. The third-order valence-electron chi connectivity index (χ3n) is 4.23. The minimum atomic E-state index is -0.329. The van der Waals surface area contributed by atoms with Gasteiger partial charge in [-0.25, -0.2) is 0 Å². The van der Waals surface area contributed by atoms with Gasteiger partial charge in [-0.05, 0) is 70.3 Å². The first-order chi connectivity index (χ1) is 9.62. The minimum Gasteiger partial charge on any atom is -0.489 e. The molecule has 3 nitrogen and oxygen atoms in total. The van der Waals surface area contributed by atoms with Crippen molar-refractivity contribution in [1.82, 2.24) is 0 Å². The molecule has 1 heterocycles. The van der Waals surface area contributed by atoms with Gasteiger partial charge in [-0.1, -0.05) is 12.6 Å². The molecule has 21 heavy (non-hydrogen) atoms. The molecule has 1 aromatic carbocycles. The Labute approximate surface area is 128 Å². The Hall–Kier alpha value is -1.26. The maximum absolute atomic E-state index is 6.09. The van der Waals surface area contributed by atoms with Crippen molar-refractivity contribution in [2.24, 2.45) is 0 Å². The van der Waals surface area contributed by atoms with Crippen molar-refractivity contribution >= 4 is 12.6 Å². The SMILES string of the molecule is C=C(C)COc1ccc(B2OC(C)(C)C(C)(C)O2)c(C)c1. The van der Waals surface area contributed by atoms with E-state index in [0.717, 1.165) is 22.3 Å². The van der Waals surface area contributed by atoms with Crippen LogP contribution in [0.1, 0.15) is 40.2 Å². The number of hydrogen-bond acceptors (Lipinski definition) is 3. The molecule has 0 aliphatic carbocycles. The van der Waals surface area contributed by atoms with Gasteiger partial charge in [0.2, 0.25) is 0 Å². The summed E-state index contributed by atoms with van der Waals surface area (Å²) < 4.78 is 17.9. The van der Waals surface area contributed by atoms with E-state index in [1.54, 1.807) is 0 Å². The highest BCUT2D eigenvalue weighted by Crippen LogP contribution is 2.36. The van der Waals surface area contributed by atoms with Crippen LogP contribution in [-0.4, -0.2) is 24.9 Å². The van der Waals surface area contributed by atoms with E-state index in [1.807, 2.05) is 32.0 Å². The number of benzene rings is 1. The fourth-order valence-corrected chi connectivity index (χ4v) is 2.18. The molecular formula is C17H25BO3. The second-order valence-corrected chi connectivity index (χ2v) is 6.85. The van der Waals surface area contributed by atoms with E-state index in [0.29, 0.717) is 6.61 Å². The zero-order valence-corrected chi connectivity index (χ0v) is 13.9. The van der Waals surface area contributed by atoms with Crippen LogP contribution in [0.2, 0.25) is 0 Å². The molecule has 1 aromatic rings. The quantitative estimate of drug-likeness (QED) is 0.629. The van der Waals surface area contributed by atoms with E-state index >= 15 is 0 Å². The van der Waals surface area contributed by atoms with Crippen LogP contribution in [0.4, 0.5) is 0 Å². The number of rotatable bonds is 4. The second-order valence-electron chi connectivity index (χ2n) is 6.85. The first-order valence-corrected chi connectivity index (χ1v) is 7.36. The van der Waals surface area contributed by atoms with Gasteiger partial charge in [-0.15, -0.1) is 0 Å². The largest absolute Gasteiger partial charge is 0.495 e. The molecule has 1 aliphatic heterocycles. The van der Waals surface area contributed by atoms with Gasteiger partial charge in [0.1, 0.15) is 12.4 Å². The van der Waals surface area contributed by atoms with Gasteiger partial charge >= 0.3 is 7.12 Å². The molecule has 0 N–H and O–H groups in total. The third kappa shape index (κ3) is 3.33. The van der Waals surface area contributed by atoms with Crippen molar-refractivity contribution in [3.63, 3.8) is 0 Å². The minimum absolute atomic E-state index is 0.320. The summed E-state index contributed by atoms with van der Waals surface area (Å²) in [5, 5.41) is 0. The van der Waals surface area contributed by atoms with Crippen LogP contribution in [0.15, 0.2) is 30.4 Å². The fourth-order valence-electron chi connectivity index (χ4n) is 2.18. The van der Waals surface area contributed by atoms with Gasteiger partial charge in [0.25, 0.3) is 0 Å². The van der Waals surface area contributed by atoms with Gasteiger partial charge in [-0.2, -0.15) is 0 Å². The normalized spacial score (nSPS) is 19.6. The molecule has 114 valence electrons. The number of hydrogen-bond donors (Lipinski definition) is 0. The summed E-state index contributed by atoms with van der Waals surface area (Å²) in [6.45, 7) is 16.6. The second kappa shape index (κ2) is 5.50. The summed E-state index contributed by atoms with van der Waals surface area (Å²) in [7, 11) is -0.329. The smallest absolute Gasteiger partial charge is 0.489 e. The van der Waals surface area contributed by atoms with Crippen LogP contribution in [-0.2, 0) is 9.31 Å². The molecule has 0 saturated carbocycles. The zero-order valence-electron chi connectivity index (χ0n) is 13.9. The molecular weight excluding hydrogens is 263 g/mol. The van der Waals surface area contributed by atoms with E-state index in [4.69, 9.17) is 14.0 Å². The first kappa shape index (κ1) is 16.1. The summed E-state index contributed by atoms with van der Waals surface area (Å²) in [4.78, 5) is 0. The molecule has 2 rings (SSSR count). The number of ether oxygens (including phenoxy) is 1. The lowest BCUT2D eigenvalue weighted by atomic mass is 9.76. The van der Waals surface area contributed by atoms with E-state index in [2.05, 4.69) is 34.3 Å². The average Bonchev–Trinajstić information content (AvgIpc) is 2.55. The first-order valence-electron chi connectivity index (χ1n) is 7.36. The summed E-state index contributed by atoms with van der Waals surface area (Å²) in [5.41, 5.74) is 2.52. The van der Waals surface area contributed by atoms with Crippen LogP contribution in [0.3, 0.4) is 0 Å². The topological polar surface area (TPSA) is 27.7 Å². The highest BCUT2D eigenvalue weighted by atomic mass is 16.7. The van der Waals surface area contributed by atoms with Gasteiger partial charge in [0.15, 0.2) is 0 Å². The molecule has 0 amide bonds. The summed E-state index contributed by atoms with van der Waals surface area (Å²) in [5.74, 6) is 0.843. The molecule has 0 bridgehead atoms. The van der Waals surface area contributed by atoms with E-state index in [1.165, 1.54) is 0 Å². The molecule has 1 aliphatic rings. The molecule has 1 saturated heterocycles. The maximum atomic E-state index is 6.09. The fraction of sp³-hybridized carbons (Fsp3) is 0.529. The number of aryl methyl sites for hydroxylation is 1. The summed E-state index contributed by atoms with van der Waals surface area (Å²) in [6.07, 6.45) is 0. The standard InChI is InChI=1S/C17H25BO3/c1-12(2)11-19-14-8-9-15(13(3)10-14)18-20-16(4,5)17(6,7)21-18/h8-10H,1,11H2,2-7H3. The van der Waals surface area contributed by atoms with Gasteiger partial charge in [0, 0.05) is 0 Å². The van der Waals surface area contributed by atoms with Crippen LogP contribution in [0.25, 0.3) is 0 Å². The van der Waals surface area contributed by atoms with E-state index < -0.39 is 0 Å². The van der Waals surface area contributed by atoms with Crippen molar-refractivity contribution in [2.45, 2.75) is 52.7 Å². The molecule has 4 heteroatoms. The Kier molecular flexibility index (Phi) is 4.23. The molecule has 0 radical (unpaired) electrons. The molecule has 0 atom stereocenters.